The average Bonchev–Trinajstić information content (AvgIpc) is 2.45. The molecule has 0 amide bonds. The van der Waals surface area contributed by atoms with E-state index in [1.54, 1.807) is 0 Å². The van der Waals surface area contributed by atoms with Gasteiger partial charge in [-0.25, -0.2) is 0 Å². The van der Waals surface area contributed by atoms with Crippen molar-refractivity contribution in [3.8, 4) is 0 Å². The summed E-state index contributed by atoms with van der Waals surface area (Å²) in [6, 6.07) is 0. The summed E-state index contributed by atoms with van der Waals surface area (Å²) in [5, 5.41) is 20.8. The van der Waals surface area contributed by atoms with Crippen molar-refractivity contribution < 1.29 is 10.2 Å². The van der Waals surface area contributed by atoms with Gasteiger partial charge in [-0.1, -0.05) is 26.0 Å². The molecule has 0 radical (unpaired) electrons. The maximum Gasteiger partial charge on any atom is 0.0650 e. The maximum atomic E-state index is 10.5. The first-order valence-corrected chi connectivity index (χ1v) is 6.76. The van der Waals surface area contributed by atoms with Gasteiger partial charge in [0, 0.05) is 5.92 Å². The Balaban J connectivity index is 2.35. The molecule has 6 atom stereocenters. The van der Waals surface area contributed by atoms with E-state index in [9.17, 15) is 10.2 Å². The molecule has 0 spiro atoms. The van der Waals surface area contributed by atoms with Crippen molar-refractivity contribution in [2.75, 3.05) is 0 Å². The van der Waals surface area contributed by atoms with Crippen LogP contribution >= 0.6 is 0 Å². The van der Waals surface area contributed by atoms with Crippen LogP contribution in [0.1, 0.15) is 47.0 Å². The Morgan fingerprint density at radius 3 is 2.47 bits per heavy atom. The van der Waals surface area contributed by atoms with E-state index < -0.39 is 5.60 Å². The normalized spacial score (nSPS) is 54.5. The molecule has 0 aliphatic heterocycles. The molecule has 0 bridgehead atoms. The standard InChI is InChI=1S/C15H26O2/c1-9(2)13-11-6-7-15(5,17)10(3)14(11,4)8-12(13)16/h10-13,16-17H,1,6-8H2,2-5H3. The number of aliphatic hydroxyl groups excluding tert-OH is 1. The highest BCUT2D eigenvalue weighted by Crippen LogP contribution is 2.61. The molecule has 2 rings (SSSR count). The second kappa shape index (κ2) is 3.83. The van der Waals surface area contributed by atoms with Crippen LogP contribution in [0, 0.1) is 23.2 Å². The first-order valence-electron chi connectivity index (χ1n) is 6.76. The molecular formula is C15H26O2. The number of rotatable bonds is 1. The van der Waals surface area contributed by atoms with Crippen LogP contribution in [-0.4, -0.2) is 21.9 Å². The first-order chi connectivity index (χ1) is 7.70. The third kappa shape index (κ3) is 1.77. The number of hydrogen-bond donors (Lipinski definition) is 2. The molecule has 6 unspecified atom stereocenters. The zero-order valence-corrected chi connectivity index (χ0v) is 11.5. The van der Waals surface area contributed by atoms with Crippen LogP contribution in [0.4, 0.5) is 0 Å². The highest BCUT2D eigenvalue weighted by atomic mass is 16.3. The summed E-state index contributed by atoms with van der Waals surface area (Å²) in [5.41, 5.74) is 0.555. The van der Waals surface area contributed by atoms with E-state index in [1.165, 1.54) is 0 Å². The molecular weight excluding hydrogens is 212 g/mol. The summed E-state index contributed by atoms with van der Waals surface area (Å²) in [6.07, 6.45) is 2.36. The SMILES string of the molecule is C=C(C)C1C(O)CC2(C)C1CCC(C)(O)C2C. The number of hydrogen-bond acceptors (Lipinski definition) is 2. The quantitative estimate of drug-likeness (QED) is 0.690. The summed E-state index contributed by atoms with van der Waals surface area (Å²) < 4.78 is 0. The Kier molecular flexibility index (Phi) is 2.95. The van der Waals surface area contributed by atoms with Gasteiger partial charge in [-0.2, -0.15) is 0 Å². The Morgan fingerprint density at radius 2 is 1.94 bits per heavy atom. The summed E-state index contributed by atoms with van der Waals surface area (Å²) in [7, 11) is 0. The Labute approximate surface area is 105 Å². The van der Waals surface area contributed by atoms with Crippen molar-refractivity contribution in [3.05, 3.63) is 12.2 Å². The van der Waals surface area contributed by atoms with Crippen LogP contribution in [0.25, 0.3) is 0 Å². The maximum absolute atomic E-state index is 10.5. The predicted molar refractivity (Wildman–Crippen MR) is 69.5 cm³/mol. The van der Waals surface area contributed by atoms with E-state index >= 15 is 0 Å². The Hall–Kier alpha value is -0.340. The smallest absolute Gasteiger partial charge is 0.0650 e. The molecule has 0 aromatic carbocycles. The fraction of sp³-hybridized carbons (Fsp3) is 0.867. The minimum Gasteiger partial charge on any atom is -0.392 e. The molecule has 0 heterocycles. The second-order valence-electron chi connectivity index (χ2n) is 6.87. The van der Waals surface area contributed by atoms with Gasteiger partial charge in [0.2, 0.25) is 0 Å². The predicted octanol–water partition coefficient (Wildman–Crippen LogP) is 2.75. The van der Waals surface area contributed by atoms with Crippen LogP contribution < -0.4 is 0 Å². The summed E-state index contributed by atoms with van der Waals surface area (Å²) in [6.45, 7) is 12.4. The van der Waals surface area contributed by atoms with Gasteiger partial charge >= 0.3 is 0 Å². The molecule has 2 aliphatic rings. The van der Waals surface area contributed by atoms with E-state index in [0.717, 1.165) is 24.8 Å². The lowest BCUT2D eigenvalue weighted by Crippen LogP contribution is -2.50. The molecule has 0 aromatic rings. The topological polar surface area (TPSA) is 40.5 Å². The zero-order valence-electron chi connectivity index (χ0n) is 11.5. The van der Waals surface area contributed by atoms with Gasteiger partial charge < -0.3 is 10.2 Å². The Bertz CT molecular complexity index is 334. The van der Waals surface area contributed by atoms with Crippen molar-refractivity contribution in [2.24, 2.45) is 23.2 Å². The van der Waals surface area contributed by atoms with Crippen LogP contribution in [0.15, 0.2) is 12.2 Å². The molecule has 2 heteroatoms. The molecule has 0 saturated heterocycles. The van der Waals surface area contributed by atoms with Crippen molar-refractivity contribution in [1.82, 2.24) is 0 Å². The molecule has 2 aliphatic carbocycles. The number of aliphatic hydroxyl groups is 2. The minimum atomic E-state index is -0.588. The number of fused-ring (bicyclic) bond motifs is 1. The highest BCUT2D eigenvalue weighted by molar-refractivity contribution is 5.15. The summed E-state index contributed by atoms with van der Waals surface area (Å²) in [4.78, 5) is 0. The first kappa shape index (κ1) is 13.1. The second-order valence-corrected chi connectivity index (χ2v) is 6.87. The molecule has 2 fully saturated rings. The van der Waals surface area contributed by atoms with E-state index in [-0.39, 0.29) is 23.4 Å². The lowest BCUT2D eigenvalue weighted by Gasteiger charge is -2.51. The van der Waals surface area contributed by atoms with Gasteiger partial charge in [0.05, 0.1) is 11.7 Å². The van der Waals surface area contributed by atoms with Crippen molar-refractivity contribution in [2.45, 2.75) is 58.7 Å². The molecule has 98 valence electrons. The largest absolute Gasteiger partial charge is 0.392 e. The van der Waals surface area contributed by atoms with Gasteiger partial charge in [0.25, 0.3) is 0 Å². The van der Waals surface area contributed by atoms with E-state index in [0.29, 0.717) is 5.92 Å². The fourth-order valence-corrected chi connectivity index (χ4v) is 4.46. The van der Waals surface area contributed by atoms with Crippen LogP contribution in [0.2, 0.25) is 0 Å². The summed E-state index contributed by atoms with van der Waals surface area (Å²) >= 11 is 0. The van der Waals surface area contributed by atoms with Crippen molar-refractivity contribution in [3.63, 3.8) is 0 Å². The molecule has 0 aromatic heterocycles. The molecule has 2 saturated carbocycles. The molecule has 2 N–H and O–H groups in total. The third-order valence-electron chi connectivity index (χ3n) is 5.80. The van der Waals surface area contributed by atoms with Gasteiger partial charge in [-0.3, -0.25) is 0 Å². The fourth-order valence-electron chi connectivity index (χ4n) is 4.46. The third-order valence-corrected chi connectivity index (χ3v) is 5.80. The van der Waals surface area contributed by atoms with Gasteiger partial charge in [-0.05, 0) is 50.4 Å². The van der Waals surface area contributed by atoms with Gasteiger partial charge in [0.1, 0.15) is 0 Å². The average molecular weight is 238 g/mol. The van der Waals surface area contributed by atoms with E-state index in [4.69, 9.17) is 0 Å². The lowest BCUT2D eigenvalue weighted by molar-refractivity contribution is -0.108. The molecule has 2 nitrogen and oxygen atoms in total. The van der Waals surface area contributed by atoms with Gasteiger partial charge in [-0.15, -0.1) is 0 Å². The summed E-state index contributed by atoms with van der Waals surface area (Å²) in [5.74, 6) is 0.927. The lowest BCUT2D eigenvalue weighted by atomic mass is 9.56. The molecule has 17 heavy (non-hydrogen) atoms. The van der Waals surface area contributed by atoms with Crippen LogP contribution in [-0.2, 0) is 0 Å². The Morgan fingerprint density at radius 1 is 1.35 bits per heavy atom. The van der Waals surface area contributed by atoms with E-state index in [1.807, 2.05) is 13.8 Å². The van der Waals surface area contributed by atoms with Crippen LogP contribution in [0.3, 0.4) is 0 Å². The zero-order chi connectivity index (χ0) is 13.0. The minimum absolute atomic E-state index is 0.0464. The van der Waals surface area contributed by atoms with Crippen LogP contribution in [0.5, 0.6) is 0 Å². The van der Waals surface area contributed by atoms with Gasteiger partial charge in [0.15, 0.2) is 0 Å². The van der Waals surface area contributed by atoms with Crippen molar-refractivity contribution in [1.29, 1.82) is 0 Å². The highest BCUT2D eigenvalue weighted by Gasteiger charge is 2.58. The van der Waals surface area contributed by atoms with Crippen molar-refractivity contribution >= 4 is 0 Å². The van der Waals surface area contributed by atoms with E-state index in [2.05, 4.69) is 20.4 Å². The monoisotopic (exact) mass is 238 g/mol.